The van der Waals surface area contributed by atoms with Crippen LogP contribution in [0.1, 0.15) is 5.56 Å². The normalized spacial score (nSPS) is 10.9. The molecule has 0 radical (unpaired) electrons. The van der Waals surface area contributed by atoms with Gasteiger partial charge < -0.3 is 4.74 Å². The van der Waals surface area contributed by atoms with E-state index in [1.54, 1.807) is 19.5 Å². The molecule has 96 valence electrons. The maximum atomic E-state index is 5.28. The summed E-state index contributed by atoms with van der Waals surface area (Å²) in [4.78, 5) is 8.67. The number of imidazole rings is 1. The maximum Gasteiger partial charge on any atom is 0.146 e. The van der Waals surface area contributed by atoms with Crippen LogP contribution in [0.5, 0.6) is 5.75 Å². The monoisotopic (exact) mass is 317 g/mol. The summed E-state index contributed by atoms with van der Waals surface area (Å²) in [5.74, 6) is 1.76. The maximum absolute atomic E-state index is 5.28. The van der Waals surface area contributed by atoms with Crippen molar-refractivity contribution in [3.05, 3.63) is 47.0 Å². The number of aromatic nitrogens is 3. The number of halogens is 1. The zero-order valence-electron chi connectivity index (χ0n) is 10.6. The second-order valence-electron chi connectivity index (χ2n) is 4.24. The van der Waals surface area contributed by atoms with Gasteiger partial charge in [-0.1, -0.05) is 0 Å². The van der Waals surface area contributed by atoms with Crippen molar-refractivity contribution in [2.45, 2.75) is 6.92 Å². The summed E-state index contributed by atoms with van der Waals surface area (Å²) in [7, 11) is 1.68. The van der Waals surface area contributed by atoms with Gasteiger partial charge in [0.1, 0.15) is 16.2 Å². The van der Waals surface area contributed by atoms with Crippen molar-refractivity contribution in [1.82, 2.24) is 14.4 Å². The molecule has 1 aromatic carbocycles. The number of ether oxygens (including phenoxy) is 1. The zero-order chi connectivity index (χ0) is 13.4. The molecule has 2 heterocycles. The molecule has 5 heteroatoms. The van der Waals surface area contributed by atoms with E-state index in [1.807, 2.05) is 29.7 Å². The van der Waals surface area contributed by atoms with E-state index >= 15 is 0 Å². The van der Waals surface area contributed by atoms with Crippen molar-refractivity contribution in [2.75, 3.05) is 7.11 Å². The van der Waals surface area contributed by atoms with Gasteiger partial charge in [0.15, 0.2) is 0 Å². The Bertz CT molecular complexity index is 752. The first-order valence-electron chi connectivity index (χ1n) is 5.83. The van der Waals surface area contributed by atoms with E-state index in [1.165, 1.54) is 0 Å². The topological polar surface area (TPSA) is 39.4 Å². The highest BCUT2D eigenvalue weighted by Crippen LogP contribution is 2.28. The number of methoxy groups -OCH3 is 1. The van der Waals surface area contributed by atoms with Gasteiger partial charge in [-0.25, -0.2) is 4.98 Å². The molecular formula is C14H12BrN3O. The SMILES string of the molecule is COc1ccc(-c2nc(Br)c3cnccn23)cc1C. The minimum atomic E-state index is 0.795. The molecule has 0 aliphatic rings. The highest BCUT2D eigenvalue weighted by molar-refractivity contribution is 9.10. The average Bonchev–Trinajstić information content (AvgIpc) is 2.77. The number of rotatable bonds is 2. The van der Waals surface area contributed by atoms with Gasteiger partial charge in [-0.05, 0) is 46.6 Å². The second-order valence-corrected chi connectivity index (χ2v) is 4.99. The van der Waals surface area contributed by atoms with Crippen LogP contribution in [0.15, 0.2) is 41.4 Å². The van der Waals surface area contributed by atoms with Crippen LogP contribution in [0.2, 0.25) is 0 Å². The molecule has 3 rings (SSSR count). The summed E-state index contributed by atoms with van der Waals surface area (Å²) in [6, 6.07) is 6.04. The fraction of sp³-hybridized carbons (Fsp3) is 0.143. The fourth-order valence-electron chi connectivity index (χ4n) is 2.12. The van der Waals surface area contributed by atoms with Crippen molar-refractivity contribution in [1.29, 1.82) is 0 Å². The molecule has 0 fully saturated rings. The average molecular weight is 318 g/mol. The van der Waals surface area contributed by atoms with Gasteiger partial charge in [0, 0.05) is 18.0 Å². The molecule has 0 aliphatic heterocycles. The lowest BCUT2D eigenvalue weighted by molar-refractivity contribution is 0.412. The van der Waals surface area contributed by atoms with Crippen LogP contribution in [0.25, 0.3) is 16.9 Å². The zero-order valence-corrected chi connectivity index (χ0v) is 12.2. The molecule has 0 unspecified atom stereocenters. The van der Waals surface area contributed by atoms with Gasteiger partial charge in [0.05, 0.1) is 18.8 Å². The molecule has 0 aliphatic carbocycles. The summed E-state index contributed by atoms with van der Waals surface area (Å²) < 4.78 is 8.09. The minimum Gasteiger partial charge on any atom is -0.496 e. The number of hydrogen-bond donors (Lipinski definition) is 0. The van der Waals surface area contributed by atoms with E-state index in [2.05, 4.69) is 32.0 Å². The van der Waals surface area contributed by atoms with E-state index in [0.29, 0.717) is 0 Å². The van der Waals surface area contributed by atoms with Gasteiger partial charge in [0.2, 0.25) is 0 Å². The molecule has 2 aromatic heterocycles. The Kier molecular flexibility index (Phi) is 2.98. The second kappa shape index (κ2) is 4.66. The third-order valence-corrected chi connectivity index (χ3v) is 3.64. The van der Waals surface area contributed by atoms with Crippen LogP contribution >= 0.6 is 15.9 Å². The molecule has 19 heavy (non-hydrogen) atoms. The quantitative estimate of drug-likeness (QED) is 0.726. The molecular weight excluding hydrogens is 306 g/mol. The Morgan fingerprint density at radius 1 is 1.32 bits per heavy atom. The fourth-order valence-corrected chi connectivity index (χ4v) is 2.59. The predicted molar refractivity (Wildman–Crippen MR) is 77.4 cm³/mol. The first-order valence-corrected chi connectivity index (χ1v) is 6.62. The standard InChI is InChI=1S/C14H12BrN3O/c1-9-7-10(3-4-12(9)19-2)14-17-13(15)11-8-16-5-6-18(11)14/h3-8H,1-2H3. The first-order chi connectivity index (χ1) is 9.20. The number of hydrogen-bond acceptors (Lipinski definition) is 3. The first kappa shape index (κ1) is 12.2. The van der Waals surface area contributed by atoms with Crippen LogP contribution in [0.3, 0.4) is 0 Å². The van der Waals surface area contributed by atoms with E-state index in [0.717, 1.165) is 32.8 Å². The minimum absolute atomic E-state index is 0.795. The van der Waals surface area contributed by atoms with Gasteiger partial charge >= 0.3 is 0 Å². The summed E-state index contributed by atoms with van der Waals surface area (Å²) in [6.45, 7) is 2.02. The van der Waals surface area contributed by atoms with Crippen LogP contribution < -0.4 is 4.74 Å². The Morgan fingerprint density at radius 3 is 2.89 bits per heavy atom. The van der Waals surface area contributed by atoms with Crippen LogP contribution in [-0.2, 0) is 0 Å². The Hall–Kier alpha value is -1.88. The largest absolute Gasteiger partial charge is 0.496 e. The number of nitrogens with zero attached hydrogens (tertiary/aromatic N) is 3. The number of aryl methyl sites for hydroxylation is 1. The molecule has 0 spiro atoms. The van der Waals surface area contributed by atoms with E-state index in [-0.39, 0.29) is 0 Å². The smallest absolute Gasteiger partial charge is 0.146 e. The highest BCUT2D eigenvalue weighted by atomic mass is 79.9. The van der Waals surface area contributed by atoms with E-state index in [9.17, 15) is 0 Å². The summed E-state index contributed by atoms with van der Waals surface area (Å²) in [6.07, 6.45) is 5.44. The van der Waals surface area contributed by atoms with Gasteiger partial charge in [0.25, 0.3) is 0 Å². The van der Waals surface area contributed by atoms with Crippen molar-refractivity contribution >= 4 is 21.4 Å². The van der Waals surface area contributed by atoms with Crippen molar-refractivity contribution in [3.8, 4) is 17.1 Å². The molecule has 0 amide bonds. The molecule has 0 bridgehead atoms. The molecule has 0 atom stereocenters. The Labute approximate surface area is 119 Å². The predicted octanol–water partition coefficient (Wildman–Crippen LogP) is 3.48. The third-order valence-electron chi connectivity index (χ3n) is 3.05. The van der Waals surface area contributed by atoms with Crippen LogP contribution in [0.4, 0.5) is 0 Å². The van der Waals surface area contributed by atoms with Crippen molar-refractivity contribution in [2.24, 2.45) is 0 Å². The Morgan fingerprint density at radius 2 is 2.16 bits per heavy atom. The lowest BCUT2D eigenvalue weighted by Gasteiger charge is -2.06. The molecule has 0 saturated heterocycles. The van der Waals surface area contributed by atoms with E-state index < -0.39 is 0 Å². The Balaban J connectivity index is 2.22. The summed E-state index contributed by atoms with van der Waals surface area (Å²) >= 11 is 3.47. The van der Waals surface area contributed by atoms with Crippen LogP contribution in [-0.4, -0.2) is 21.5 Å². The van der Waals surface area contributed by atoms with Gasteiger partial charge in [-0.2, -0.15) is 0 Å². The van der Waals surface area contributed by atoms with Gasteiger partial charge in [-0.15, -0.1) is 0 Å². The third kappa shape index (κ3) is 2.00. The summed E-state index contributed by atoms with van der Waals surface area (Å²) in [5, 5.41) is 0. The number of benzene rings is 1. The summed E-state index contributed by atoms with van der Waals surface area (Å²) in [5.41, 5.74) is 3.08. The molecule has 0 saturated carbocycles. The molecule has 0 N–H and O–H groups in total. The van der Waals surface area contributed by atoms with Gasteiger partial charge in [-0.3, -0.25) is 9.38 Å². The van der Waals surface area contributed by atoms with Crippen LogP contribution in [0, 0.1) is 6.92 Å². The lowest BCUT2D eigenvalue weighted by atomic mass is 10.1. The van der Waals surface area contributed by atoms with Crippen molar-refractivity contribution < 1.29 is 4.74 Å². The molecule has 3 aromatic rings. The van der Waals surface area contributed by atoms with Crippen molar-refractivity contribution in [3.63, 3.8) is 0 Å². The lowest BCUT2D eigenvalue weighted by Crippen LogP contribution is -1.92. The molecule has 4 nitrogen and oxygen atoms in total. The van der Waals surface area contributed by atoms with E-state index in [4.69, 9.17) is 4.74 Å². The number of fused-ring (bicyclic) bond motifs is 1. The highest BCUT2D eigenvalue weighted by Gasteiger charge is 2.11.